The van der Waals surface area contributed by atoms with Crippen LogP contribution in [0.15, 0.2) is 156 Å². The van der Waals surface area contributed by atoms with Crippen LogP contribution in [0.4, 0.5) is 34.1 Å². The molecule has 0 fully saturated rings. The van der Waals surface area contributed by atoms with E-state index in [-0.39, 0.29) is 40.6 Å². The number of carbonyl (C=O) groups excluding carboxylic acids is 3. The molecular weight excluding hydrogens is 905 g/mol. The topological polar surface area (TPSA) is 139 Å². The van der Waals surface area contributed by atoms with Gasteiger partial charge in [-0.05, 0) is 123 Å². The van der Waals surface area contributed by atoms with Gasteiger partial charge in [0.25, 0.3) is 0 Å². The molecule has 12 heteroatoms. The number of hydrogen-bond donors (Lipinski definition) is 3. The van der Waals surface area contributed by atoms with E-state index in [1.165, 1.54) is 0 Å². The Morgan fingerprint density at radius 3 is 1.46 bits per heavy atom. The van der Waals surface area contributed by atoms with E-state index < -0.39 is 5.78 Å². The average molecular weight is 972 g/mol. The normalized spacial score (nSPS) is 15.0. The highest BCUT2D eigenvalue weighted by Gasteiger charge is 2.40. The summed E-state index contributed by atoms with van der Waals surface area (Å²) in [6, 6.07) is 36.0. The number of ether oxygens (including phenoxy) is 4. The zero-order chi connectivity index (χ0) is 51.3. The predicted molar refractivity (Wildman–Crippen MR) is 289 cm³/mol. The number of carbonyl (C=O) groups is 3. The molecule has 0 aromatic heterocycles. The first kappa shape index (κ1) is 52.0. The first-order valence-corrected chi connectivity index (χ1v) is 24.9. The van der Waals surface area contributed by atoms with Crippen LogP contribution in [0.25, 0.3) is 5.57 Å². The first-order chi connectivity index (χ1) is 35.0. The van der Waals surface area contributed by atoms with Crippen molar-refractivity contribution in [1.29, 1.82) is 0 Å². The van der Waals surface area contributed by atoms with E-state index in [1.54, 1.807) is 40.6 Å². The number of ketones is 1. The molecule has 12 nitrogen and oxygen atoms in total. The number of benzene rings is 5. The number of Topliss-reactive ketones (excluding diaryl/α,β-unsaturated/α-hetero) is 1. The van der Waals surface area contributed by atoms with Crippen molar-refractivity contribution in [3.8, 4) is 23.0 Å². The summed E-state index contributed by atoms with van der Waals surface area (Å²) in [6.07, 6.45) is 11.8. The van der Waals surface area contributed by atoms with Gasteiger partial charge in [0.05, 0.1) is 51.0 Å². The van der Waals surface area contributed by atoms with E-state index in [4.69, 9.17) is 18.9 Å². The lowest BCUT2D eigenvalue weighted by Crippen LogP contribution is -2.34. The van der Waals surface area contributed by atoms with Crippen molar-refractivity contribution >= 4 is 63.0 Å². The molecule has 5 aromatic carbocycles. The highest BCUT2D eigenvalue weighted by atomic mass is 16.5. The zero-order valence-corrected chi connectivity index (χ0v) is 42.7. The summed E-state index contributed by atoms with van der Waals surface area (Å²) >= 11 is 0. The van der Waals surface area contributed by atoms with Gasteiger partial charge in [0.2, 0.25) is 34.7 Å². The van der Waals surface area contributed by atoms with E-state index in [0.717, 1.165) is 48.4 Å². The van der Waals surface area contributed by atoms with Gasteiger partial charge in [-0.2, -0.15) is 4.58 Å². The lowest BCUT2D eigenvalue weighted by Gasteiger charge is -2.30. The highest BCUT2D eigenvalue weighted by molar-refractivity contribution is 6.40. The molecule has 0 saturated carbocycles. The lowest BCUT2D eigenvalue weighted by molar-refractivity contribution is -0.124. The van der Waals surface area contributed by atoms with E-state index >= 15 is 0 Å². The van der Waals surface area contributed by atoms with Gasteiger partial charge in [-0.1, -0.05) is 53.4 Å². The number of nitrogens with zero attached hydrogens (tertiary/aromatic N) is 2. The fourth-order valence-corrected chi connectivity index (χ4v) is 9.12. The molecule has 0 bridgehead atoms. The number of amides is 2. The largest absolute Gasteiger partial charge is 0.506 e. The molecule has 2 aliphatic carbocycles. The van der Waals surface area contributed by atoms with Crippen LogP contribution in [0.2, 0.25) is 0 Å². The number of hydrogen-bond acceptors (Lipinski definition) is 9. The molecule has 0 spiro atoms. The minimum atomic E-state index is -0.431. The third kappa shape index (κ3) is 11.5. The van der Waals surface area contributed by atoms with Gasteiger partial charge < -0.3 is 39.6 Å². The van der Waals surface area contributed by atoms with Crippen molar-refractivity contribution in [1.82, 2.24) is 9.89 Å². The average Bonchev–Trinajstić information content (AvgIpc) is 3.41. The van der Waals surface area contributed by atoms with Crippen LogP contribution in [0, 0.1) is 11.8 Å². The van der Waals surface area contributed by atoms with Crippen molar-refractivity contribution in [2.24, 2.45) is 11.8 Å². The number of methoxy groups -OCH3 is 4. The van der Waals surface area contributed by atoms with Crippen molar-refractivity contribution in [2.45, 2.75) is 79.1 Å². The van der Waals surface area contributed by atoms with Crippen LogP contribution in [-0.2, 0) is 14.4 Å². The number of aliphatic hydroxyl groups excluding tert-OH is 1. The molecule has 3 N–H and O–H groups in total. The van der Waals surface area contributed by atoms with Crippen LogP contribution in [0.3, 0.4) is 0 Å². The SMILES string of the molecule is CCCCC(CC)C(=O)NC1=CC(=[N+](c2ccc(OC)cc2)c2ccc(OC)cc2)C=CC1=C1C(=O)C(c2ccc(N(c3ccc(OC)cc3)c3ccc(OC)cc3)cc2NC(=O)C(CC)CCCC)=C1O. The summed E-state index contributed by atoms with van der Waals surface area (Å²) < 4.78 is 24.0. The number of anilines is 4. The van der Waals surface area contributed by atoms with Gasteiger partial charge in [0.1, 0.15) is 28.8 Å². The van der Waals surface area contributed by atoms with Crippen LogP contribution >= 0.6 is 0 Å². The molecule has 374 valence electrons. The maximum Gasteiger partial charge on any atom is 0.227 e. The Bertz CT molecular complexity index is 2800. The molecule has 72 heavy (non-hydrogen) atoms. The Hall–Kier alpha value is -7.86. The van der Waals surface area contributed by atoms with Crippen molar-refractivity contribution in [3.05, 3.63) is 162 Å². The van der Waals surface area contributed by atoms with E-state index in [9.17, 15) is 19.5 Å². The fourth-order valence-electron chi connectivity index (χ4n) is 9.12. The number of nitrogens with one attached hydrogen (secondary N) is 2. The highest BCUT2D eigenvalue weighted by Crippen LogP contribution is 2.45. The quantitative estimate of drug-likeness (QED) is 0.0457. The number of unbranched alkanes of at least 4 members (excludes halogenated alkanes) is 2. The monoisotopic (exact) mass is 971 g/mol. The Morgan fingerprint density at radius 1 is 0.583 bits per heavy atom. The van der Waals surface area contributed by atoms with Crippen LogP contribution in [-0.4, -0.2) is 56.9 Å². The van der Waals surface area contributed by atoms with E-state index in [0.29, 0.717) is 82.6 Å². The maximum absolute atomic E-state index is 14.9. The van der Waals surface area contributed by atoms with E-state index in [1.807, 2.05) is 145 Å². The summed E-state index contributed by atoms with van der Waals surface area (Å²) in [4.78, 5) is 45.4. The smallest absolute Gasteiger partial charge is 0.227 e. The number of rotatable bonds is 22. The lowest BCUT2D eigenvalue weighted by atomic mass is 9.78. The fraction of sp³-hybridized carbons (Fsp3) is 0.300. The van der Waals surface area contributed by atoms with Crippen LogP contribution in [0.5, 0.6) is 23.0 Å². The van der Waals surface area contributed by atoms with Crippen molar-refractivity contribution in [2.75, 3.05) is 38.7 Å². The van der Waals surface area contributed by atoms with Gasteiger partial charge in [-0.15, -0.1) is 0 Å². The zero-order valence-electron chi connectivity index (χ0n) is 42.7. The second-order valence-electron chi connectivity index (χ2n) is 17.8. The van der Waals surface area contributed by atoms with Gasteiger partial charge in [-0.25, -0.2) is 0 Å². The van der Waals surface area contributed by atoms with Crippen LogP contribution in [0.1, 0.15) is 84.6 Å². The Balaban J connectivity index is 1.40. The molecule has 0 radical (unpaired) electrons. The predicted octanol–water partition coefficient (Wildman–Crippen LogP) is 13.3. The van der Waals surface area contributed by atoms with Gasteiger partial charge in [0.15, 0.2) is 0 Å². The maximum atomic E-state index is 14.9. The van der Waals surface area contributed by atoms with Gasteiger partial charge >= 0.3 is 0 Å². The van der Waals surface area contributed by atoms with Crippen molar-refractivity contribution in [3.63, 3.8) is 0 Å². The molecule has 0 saturated heterocycles. The summed E-state index contributed by atoms with van der Waals surface area (Å²) in [5.41, 5.74) is 6.22. The first-order valence-electron chi connectivity index (χ1n) is 24.9. The van der Waals surface area contributed by atoms with Gasteiger partial charge in [-0.3, -0.25) is 14.4 Å². The Kier molecular flexibility index (Phi) is 17.6. The Morgan fingerprint density at radius 2 is 1.03 bits per heavy atom. The van der Waals surface area contributed by atoms with Gasteiger partial charge in [0, 0.05) is 76.5 Å². The summed E-state index contributed by atoms with van der Waals surface area (Å²) in [6.45, 7) is 8.19. The number of allylic oxidation sites excluding steroid dienone is 5. The molecule has 2 unspecified atom stereocenters. The summed E-state index contributed by atoms with van der Waals surface area (Å²) in [5.74, 6) is 1.21. The standard InChI is InChI=1S/C60H66N4O8/c1-9-13-15-39(11-3)59(67)61-53-37-45(63(41-17-27-47(69-5)28-18-41)42-19-29-48(70-6)30-20-42)25-35-51(53)55-57(65)56(58(55)66)52-36-26-46(38-54(52)62-60(68)40(12-4)16-14-10-2)64(43-21-31-49(71-7)32-22-43)44-23-33-50(72-8)34-24-44/h17-40H,9-16H2,1-8H3,(H2,61,62,65,66,67,68)/p+1. The molecule has 2 aliphatic rings. The minimum absolute atomic E-state index is 0.0581. The second kappa shape index (κ2) is 24.3. The molecule has 2 amide bonds. The molecule has 0 aliphatic heterocycles. The van der Waals surface area contributed by atoms with Crippen molar-refractivity contribution < 1.29 is 38.4 Å². The molecule has 7 rings (SSSR count). The molecule has 0 heterocycles. The second-order valence-corrected chi connectivity index (χ2v) is 17.8. The molecule has 5 aromatic rings. The van der Waals surface area contributed by atoms with E-state index in [2.05, 4.69) is 24.5 Å². The summed E-state index contributed by atoms with van der Waals surface area (Å²) in [7, 11) is 6.47. The minimum Gasteiger partial charge on any atom is -0.506 e. The Labute approximate surface area is 424 Å². The number of aliphatic hydroxyl groups is 1. The van der Waals surface area contributed by atoms with Crippen LogP contribution < -0.4 is 39.1 Å². The third-order valence-corrected chi connectivity index (χ3v) is 13.4. The molecular formula is C60H67N4O8+. The summed E-state index contributed by atoms with van der Waals surface area (Å²) in [5, 5.41) is 18.7. The third-order valence-electron chi connectivity index (χ3n) is 13.4. The molecule has 2 atom stereocenters.